The van der Waals surface area contributed by atoms with Crippen molar-refractivity contribution in [1.29, 1.82) is 0 Å². The van der Waals surface area contributed by atoms with Crippen LogP contribution in [0.4, 0.5) is 5.69 Å². The Morgan fingerprint density at radius 1 is 1.59 bits per heavy atom. The number of carbonyl (C=O) groups is 1. The number of nitrogens with two attached hydrogens (primary N) is 1. The van der Waals surface area contributed by atoms with Crippen LogP contribution in [0.25, 0.3) is 0 Å². The number of anilines is 1. The number of hydrogen-bond donors (Lipinski definition) is 2. The highest BCUT2D eigenvalue weighted by Gasteiger charge is 2.17. The lowest BCUT2D eigenvalue weighted by Crippen LogP contribution is -2.09. The predicted molar refractivity (Wildman–Crippen MR) is 67.5 cm³/mol. The summed E-state index contributed by atoms with van der Waals surface area (Å²) >= 11 is 1.52. The van der Waals surface area contributed by atoms with Crippen molar-refractivity contribution in [2.24, 2.45) is 0 Å². The first kappa shape index (κ1) is 12.3. The fraction of sp³-hybridized carbons (Fsp3) is 0.417. The summed E-state index contributed by atoms with van der Waals surface area (Å²) in [5.74, 6) is -0.142. The molecule has 1 aromatic carbocycles. The Morgan fingerprint density at radius 3 is 3.06 bits per heavy atom. The molecular formula is C12H15NO3S. The molecule has 0 spiro atoms. The van der Waals surface area contributed by atoms with Crippen LogP contribution in [-0.4, -0.2) is 29.5 Å². The van der Waals surface area contributed by atoms with Gasteiger partial charge >= 0.3 is 5.97 Å². The number of nitrogen functional groups attached to an aromatic ring is 1. The molecule has 1 unspecified atom stereocenters. The average molecular weight is 253 g/mol. The molecule has 2 rings (SSSR count). The van der Waals surface area contributed by atoms with E-state index in [1.165, 1.54) is 17.8 Å². The highest BCUT2D eigenvalue weighted by atomic mass is 32.2. The Balaban J connectivity index is 2.06. The average Bonchev–Trinajstić information content (AvgIpc) is 2.80. The Labute approximate surface area is 104 Å². The maximum Gasteiger partial charge on any atom is 0.336 e. The van der Waals surface area contributed by atoms with Gasteiger partial charge in [0, 0.05) is 22.9 Å². The molecule has 1 heterocycles. The van der Waals surface area contributed by atoms with Crippen molar-refractivity contribution < 1.29 is 14.6 Å². The van der Waals surface area contributed by atoms with E-state index in [1.807, 2.05) is 0 Å². The minimum atomic E-state index is -0.938. The van der Waals surface area contributed by atoms with Crippen LogP contribution in [0.15, 0.2) is 23.1 Å². The van der Waals surface area contributed by atoms with Crippen LogP contribution in [0, 0.1) is 0 Å². The van der Waals surface area contributed by atoms with Crippen LogP contribution in [0.3, 0.4) is 0 Å². The van der Waals surface area contributed by atoms with Crippen LogP contribution in [0.2, 0.25) is 0 Å². The third-order valence-electron chi connectivity index (χ3n) is 2.68. The van der Waals surface area contributed by atoms with Crippen LogP contribution >= 0.6 is 11.8 Å². The van der Waals surface area contributed by atoms with E-state index in [0.29, 0.717) is 5.69 Å². The first-order valence-corrected chi connectivity index (χ1v) is 6.52. The van der Waals surface area contributed by atoms with Gasteiger partial charge in [-0.25, -0.2) is 4.79 Å². The number of ether oxygens (including phenoxy) is 1. The normalized spacial score (nSPS) is 19.4. The molecule has 92 valence electrons. The van der Waals surface area contributed by atoms with Crippen LogP contribution in [0.1, 0.15) is 23.2 Å². The van der Waals surface area contributed by atoms with Gasteiger partial charge in [-0.2, -0.15) is 0 Å². The molecule has 0 bridgehead atoms. The van der Waals surface area contributed by atoms with E-state index in [1.54, 1.807) is 12.1 Å². The molecule has 3 N–H and O–H groups in total. The molecule has 1 saturated heterocycles. The summed E-state index contributed by atoms with van der Waals surface area (Å²) in [7, 11) is 0. The van der Waals surface area contributed by atoms with Crippen molar-refractivity contribution in [3.8, 4) is 0 Å². The first-order valence-electron chi connectivity index (χ1n) is 5.54. The van der Waals surface area contributed by atoms with Crippen LogP contribution < -0.4 is 5.73 Å². The zero-order chi connectivity index (χ0) is 12.3. The highest BCUT2D eigenvalue weighted by Crippen LogP contribution is 2.28. The summed E-state index contributed by atoms with van der Waals surface area (Å²) in [6.07, 6.45) is 2.41. The molecule has 1 fully saturated rings. The smallest absolute Gasteiger partial charge is 0.336 e. The largest absolute Gasteiger partial charge is 0.478 e. The molecule has 1 atom stereocenters. The molecule has 0 saturated carbocycles. The van der Waals surface area contributed by atoms with Gasteiger partial charge in [-0.05, 0) is 31.0 Å². The van der Waals surface area contributed by atoms with E-state index < -0.39 is 5.97 Å². The number of rotatable bonds is 4. The van der Waals surface area contributed by atoms with E-state index >= 15 is 0 Å². The van der Waals surface area contributed by atoms with E-state index in [4.69, 9.17) is 15.6 Å². The Bertz CT molecular complexity index is 416. The van der Waals surface area contributed by atoms with Gasteiger partial charge < -0.3 is 15.6 Å². The fourth-order valence-corrected chi connectivity index (χ4v) is 2.89. The van der Waals surface area contributed by atoms with Gasteiger partial charge in [-0.1, -0.05) is 0 Å². The van der Waals surface area contributed by atoms with Gasteiger partial charge in [0.25, 0.3) is 0 Å². The van der Waals surface area contributed by atoms with Gasteiger partial charge in [0.05, 0.1) is 11.7 Å². The SMILES string of the molecule is Nc1ccc(SCC2CCCO2)c(C(=O)O)c1. The van der Waals surface area contributed by atoms with Gasteiger partial charge in [-0.3, -0.25) is 0 Å². The summed E-state index contributed by atoms with van der Waals surface area (Å²) in [4.78, 5) is 11.8. The summed E-state index contributed by atoms with van der Waals surface area (Å²) < 4.78 is 5.51. The molecule has 0 radical (unpaired) electrons. The van der Waals surface area contributed by atoms with Crippen molar-refractivity contribution in [2.45, 2.75) is 23.8 Å². The number of benzene rings is 1. The second-order valence-corrected chi connectivity index (χ2v) is 5.07. The summed E-state index contributed by atoms with van der Waals surface area (Å²) in [5, 5.41) is 9.08. The standard InChI is InChI=1S/C12H15NO3S/c13-8-3-4-11(10(6-8)12(14)15)17-7-9-2-1-5-16-9/h3-4,6,9H,1-2,5,7,13H2,(H,14,15). The van der Waals surface area contributed by atoms with Crippen molar-refractivity contribution in [3.05, 3.63) is 23.8 Å². The lowest BCUT2D eigenvalue weighted by Gasteiger charge is -2.10. The quantitative estimate of drug-likeness (QED) is 0.636. The van der Waals surface area contributed by atoms with Gasteiger partial charge in [0.1, 0.15) is 0 Å². The third kappa shape index (κ3) is 3.14. The van der Waals surface area contributed by atoms with Gasteiger partial charge in [0.15, 0.2) is 0 Å². The van der Waals surface area contributed by atoms with Crippen LogP contribution in [0.5, 0.6) is 0 Å². The lowest BCUT2D eigenvalue weighted by molar-refractivity contribution is 0.0693. The number of aromatic carboxylic acids is 1. The molecule has 5 heteroatoms. The summed E-state index contributed by atoms with van der Waals surface area (Å²) in [6.45, 7) is 0.818. The van der Waals surface area contributed by atoms with Crippen molar-refractivity contribution >= 4 is 23.4 Å². The Morgan fingerprint density at radius 2 is 2.41 bits per heavy atom. The highest BCUT2D eigenvalue weighted by molar-refractivity contribution is 7.99. The molecule has 1 aromatic rings. The predicted octanol–water partition coefficient (Wildman–Crippen LogP) is 2.24. The van der Waals surface area contributed by atoms with E-state index in [0.717, 1.165) is 30.1 Å². The summed E-state index contributed by atoms with van der Waals surface area (Å²) in [5.41, 5.74) is 6.33. The second-order valence-electron chi connectivity index (χ2n) is 4.01. The Kier molecular flexibility index (Phi) is 3.91. The van der Waals surface area contributed by atoms with Crippen molar-refractivity contribution in [3.63, 3.8) is 0 Å². The van der Waals surface area contributed by atoms with E-state index in [2.05, 4.69) is 0 Å². The van der Waals surface area contributed by atoms with Crippen LogP contribution in [-0.2, 0) is 4.74 Å². The summed E-state index contributed by atoms with van der Waals surface area (Å²) in [6, 6.07) is 4.99. The van der Waals surface area contributed by atoms with Gasteiger partial charge in [-0.15, -0.1) is 11.8 Å². The molecule has 17 heavy (non-hydrogen) atoms. The molecular weight excluding hydrogens is 238 g/mol. The van der Waals surface area contributed by atoms with Crippen molar-refractivity contribution in [2.75, 3.05) is 18.1 Å². The molecule has 0 aliphatic carbocycles. The molecule has 0 aromatic heterocycles. The Hall–Kier alpha value is -1.20. The number of carboxylic acids is 1. The topological polar surface area (TPSA) is 72.5 Å². The van der Waals surface area contributed by atoms with Crippen molar-refractivity contribution in [1.82, 2.24) is 0 Å². The third-order valence-corrected chi connectivity index (χ3v) is 3.89. The molecule has 1 aliphatic rings. The zero-order valence-corrected chi connectivity index (χ0v) is 10.2. The maximum absolute atomic E-state index is 11.1. The number of hydrogen-bond acceptors (Lipinski definition) is 4. The minimum Gasteiger partial charge on any atom is -0.478 e. The fourth-order valence-electron chi connectivity index (χ4n) is 1.80. The molecule has 0 amide bonds. The second kappa shape index (κ2) is 5.42. The molecule has 1 aliphatic heterocycles. The maximum atomic E-state index is 11.1. The first-order chi connectivity index (χ1) is 8.16. The molecule has 4 nitrogen and oxygen atoms in total. The van der Waals surface area contributed by atoms with E-state index in [9.17, 15) is 4.79 Å². The zero-order valence-electron chi connectivity index (χ0n) is 9.39. The monoisotopic (exact) mass is 253 g/mol. The number of carboxylic acid groups (broad SMARTS) is 1. The lowest BCUT2D eigenvalue weighted by atomic mass is 10.2. The number of thioether (sulfide) groups is 1. The van der Waals surface area contributed by atoms with Gasteiger partial charge in [0.2, 0.25) is 0 Å². The minimum absolute atomic E-state index is 0.249. The van der Waals surface area contributed by atoms with E-state index in [-0.39, 0.29) is 11.7 Å².